The van der Waals surface area contributed by atoms with Crippen LogP contribution in [0.3, 0.4) is 0 Å². The van der Waals surface area contributed by atoms with Crippen LogP contribution in [0, 0.1) is 0 Å². The van der Waals surface area contributed by atoms with Crippen molar-refractivity contribution in [3.05, 3.63) is 27.2 Å². The topological polar surface area (TPSA) is 86.9 Å². The van der Waals surface area contributed by atoms with Crippen molar-refractivity contribution in [2.45, 2.75) is 57.4 Å². The Morgan fingerprint density at radius 3 is 2.73 bits per heavy atom. The number of aromatic nitrogens is 2. The molecule has 1 fully saturated rings. The summed E-state index contributed by atoms with van der Waals surface area (Å²) in [5, 5.41) is 13.0. The highest BCUT2D eigenvalue weighted by Crippen LogP contribution is 2.20. The second-order valence-corrected chi connectivity index (χ2v) is 6.27. The van der Waals surface area contributed by atoms with Crippen LogP contribution in [0.4, 0.5) is 0 Å². The van der Waals surface area contributed by atoms with Gasteiger partial charge in [0, 0.05) is 18.2 Å². The van der Waals surface area contributed by atoms with E-state index < -0.39 is 0 Å². The number of H-pyrrole nitrogens is 1. The lowest BCUT2D eigenvalue weighted by molar-refractivity contribution is -0.120. The third kappa shape index (κ3) is 3.94. The Bertz CT molecular complexity index is 592. The number of carbonyl (C=O) groups excluding carboxylic acids is 1. The molecule has 22 heavy (non-hydrogen) atoms. The summed E-state index contributed by atoms with van der Waals surface area (Å²) < 4.78 is 0. The van der Waals surface area contributed by atoms with Gasteiger partial charge in [-0.15, -0.1) is 0 Å². The lowest BCUT2D eigenvalue weighted by atomic mass is 9.91. The predicted octanol–water partition coefficient (Wildman–Crippen LogP) is 0.450. The number of rotatable bonds is 7. The van der Waals surface area contributed by atoms with E-state index in [9.17, 15) is 9.59 Å². The van der Waals surface area contributed by atoms with E-state index in [1.54, 1.807) is 0 Å². The van der Waals surface area contributed by atoms with Crippen LogP contribution in [-0.2, 0) is 24.1 Å². The highest BCUT2D eigenvalue weighted by atomic mass is 16.1. The molecule has 0 atom stereocenters. The van der Waals surface area contributed by atoms with Crippen molar-refractivity contribution in [2.24, 2.45) is 0 Å². The van der Waals surface area contributed by atoms with Gasteiger partial charge in [-0.2, -0.15) is 5.10 Å². The van der Waals surface area contributed by atoms with E-state index >= 15 is 0 Å². The van der Waals surface area contributed by atoms with Crippen molar-refractivity contribution in [3.63, 3.8) is 0 Å². The number of hydrogen-bond acceptors (Lipinski definition) is 4. The Morgan fingerprint density at radius 1 is 1.18 bits per heavy atom. The van der Waals surface area contributed by atoms with Gasteiger partial charge in [0.05, 0.1) is 12.1 Å². The molecule has 0 spiro atoms. The summed E-state index contributed by atoms with van der Waals surface area (Å²) in [6, 6.07) is 0.715. The quantitative estimate of drug-likeness (QED) is 0.638. The summed E-state index contributed by atoms with van der Waals surface area (Å²) >= 11 is 0. The molecule has 0 aliphatic heterocycles. The monoisotopic (exact) mass is 304 g/mol. The van der Waals surface area contributed by atoms with Crippen LogP contribution in [0.25, 0.3) is 0 Å². The van der Waals surface area contributed by atoms with Gasteiger partial charge in [-0.25, -0.2) is 5.10 Å². The summed E-state index contributed by atoms with van der Waals surface area (Å²) in [6.45, 7) is 1.64. The standard InChI is InChI=1S/C16H24N4O2/c21-15(18-9-3-8-17-11-6-7-11)10-14-12-4-1-2-5-13(12)16(22)20-19-14/h11,17H,1-10H2,(H,18,21)(H,20,22). The molecule has 0 aromatic carbocycles. The first-order valence-corrected chi connectivity index (χ1v) is 8.33. The van der Waals surface area contributed by atoms with Crippen LogP contribution < -0.4 is 16.2 Å². The summed E-state index contributed by atoms with van der Waals surface area (Å²) in [7, 11) is 0. The zero-order valence-electron chi connectivity index (χ0n) is 12.9. The maximum atomic E-state index is 12.0. The molecule has 1 amide bonds. The molecule has 120 valence electrons. The molecule has 6 heteroatoms. The zero-order chi connectivity index (χ0) is 15.4. The van der Waals surface area contributed by atoms with E-state index in [4.69, 9.17) is 0 Å². The highest BCUT2D eigenvalue weighted by molar-refractivity contribution is 5.78. The van der Waals surface area contributed by atoms with E-state index in [-0.39, 0.29) is 17.9 Å². The van der Waals surface area contributed by atoms with Crippen LogP contribution in [0.1, 0.15) is 48.9 Å². The maximum absolute atomic E-state index is 12.0. The molecule has 0 saturated heterocycles. The van der Waals surface area contributed by atoms with Crippen LogP contribution in [0.15, 0.2) is 4.79 Å². The van der Waals surface area contributed by atoms with Crippen molar-refractivity contribution >= 4 is 5.91 Å². The number of fused-ring (bicyclic) bond motifs is 1. The van der Waals surface area contributed by atoms with Crippen molar-refractivity contribution in [2.75, 3.05) is 13.1 Å². The van der Waals surface area contributed by atoms with E-state index in [1.807, 2.05) is 0 Å². The minimum atomic E-state index is -0.0926. The molecular weight excluding hydrogens is 280 g/mol. The van der Waals surface area contributed by atoms with Gasteiger partial charge >= 0.3 is 0 Å². The van der Waals surface area contributed by atoms with Crippen LogP contribution >= 0.6 is 0 Å². The van der Waals surface area contributed by atoms with Crippen LogP contribution in [0.5, 0.6) is 0 Å². The second-order valence-electron chi connectivity index (χ2n) is 6.27. The molecule has 2 aliphatic rings. The molecule has 3 N–H and O–H groups in total. The molecule has 1 saturated carbocycles. The van der Waals surface area contributed by atoms with Gasteiger partial charge in [0.15, 0.2) is 0 Å². The smallest absolute Gasteiger partial charge is 0.267 e. The van der Waals surface area contributed by atoms with Gasteiger partial charge in [0.1, 0.15) is 0 Å². The lowest BCUT2D eigenvalue weighted by Crippen LogP contribution is -2.31. The Balaban J connectivity index is 1.49. The average Bonchev–Trinajstić information content (AvgIpc) is 3.34. The van der Waals surface area contributed by atoms with Gasteiger partial charge in [0.2, 0.25) is 5.91 Å². The normalized spacial score (nSPS) is 17.1. The molecule has 1 aromatic heterocycles. The largest absolute Gasteiger partial charge is 0.356 e. The molecule has 0 unspecified atom stereocenters. The third-order valence-electron chi connectivity index (χ3n) is 4.40. The first kappa shape index (κ1) is 15.2. The third-order valence-corrected chi connectivity index (χ3v) is 4.40. The second kappa shape index (κ2) is 7.05. The van der Waals surface area contributed by atoms with Crippen LogP contribution in [0.2, 0.25) is 0 Å². The van der Waals surface area contributed by atoms with Crippen molar-refractivity contribution in [3.8, 4) is 0 Å². The molecule has 1 heterocycles. The minimum absolute atomic E-state index is 0.0151. The number of hydrogen-bond donors (Lipinski definition) is 3. The van der Waals surface area contributed by atoms with Crippen molar-refractivity contribution in [1.29, 1.82) is 0 Å². The maximum Gasteiger partial charge on any atom is 0.267 e. The lowest BCUT2D eigenvalue weighted by Gasteiger charge is -2.17. The van der Waals surface area contributed by atoms with E-state index in [2.05, 4.69) is 20.8 Å². The molecule has 0 bridgehead atoms. The molecule has 6 nitrogen and oxygen atoms in total. The highest BCUT2D eigenvalue weighted by Gasteiger charge is 2.20. The average molecular weight is 304 g/mol. The Morgan fingerprint density at radius 2 is 1.95 bits per heavy atom. The summed E-state index contributed by atoms with van der Waals surface area (Å²) in [4.78, 5) is 23.8. The zero-order valence-corrected chi connectivity index (χ0v) is 12.9. The fraction of sp³-hybridized carbons (Fsp3) is 0.688. The van der Waals surface area contributed by atoms with Crippen molar-refractivity contribution in [1.82, 2.24) is 20.8 Å². The van der Waals surface area contributed by atoms with E-state index in [1.165, 1.54) is 12.8 Å². The molecule has 2 aliphatic carbocycles. The predicted molar refractivity (Wildman–Crippen MR) is 83.9 cm³/mol. The van der Waals surface area contributed by atoms with E-state index in [0.717, 1.165) is 55.5 Å². The Labute approximate surface area is 130 Å². The molecule has 0 radical (unpaired) electrons. The van der Waals surface area contributed by atoms with Gasteiger partial charge in [-0.05, 0) is 57.1 Å². The summed E-state index contributed by atoms with van der Waals surface area (Å²) in [5.41, 5.74) is 2.48. The van der Waals surface area contributed by atoms with Gasteiger partial charge < -0.3 is 10.6 Å². The van der Waals surface area contributed by atoms with Gasteiger partial charge in [-0.1, -0.05) is 0 Å². The summed E-state index contributed by atoms with van der Waals surface area (Å²) in [5.74, 6) is -0.0151. The SMILES string of the molecule is O=C(Cc1n[nH]c(=O)c2c1CCCC2)NCCCNC1CC1. The molecule has 1 aromatic rings. The number of aromatic amines is 1. The number of nitrogens with one attached hydrogen (secondary N) is 3. The minimum Gasteiger partial charge on any atom is -0.356 e. The molecular formula is C16H24N4O2. The van der Waals surface area contributed by atoms with Crippen molar-refractivity contribution < 1.29 is 4.79 Å². The number of carbonyl (C=O) groups is 1. The Hall–Kier alpha value is -1.69. The number of amides is 1. The van der Waals surface area contributed by atoms with E-state index in [0.29, 0.717) is 12.6 Å². The van der Waals surface area contributed by atoms with Crippen LogP contribution in [-0.4, -0.2) is 35.2 Å². The van der Waals surface area contributed by atoms with Gasteiger partial charge in [0.25, 0.3) is 5.56 Å². The Kier molecular flexibility index (Phi) is 4.87. The first-order valence-electron chi connectivity index (χ1n) is 8.33. The fourth-order valence-electron chi connectivity index (χ4n) is 3.00. The molecule has 3 rings (SSSR count). The fourth-order valence-corrected chi connectivity index (χ4v) is 3.00. The summed E-state index contributed by atoms with van der Waals surface area (Å²) in [6.07, 6.45) is 7.55. The number of nitrogens with zero attached hydrogens (tertiary/aromatic N) is 1. The first-order chi connectivity index (χ1) is 10.7. The van der Waals surface area contributed by atoms with Gasteiger partial charge in [-0.3, -0.25) is 9.59 Å².